The summed E-state index contributed by atoms with van der Waals surface area (Å²) >= 11 is 0. The van der Waals surface area contributed by atoms with Gasteiger partial charge in [-0.1, -0.05) is 72.8 Å². The van der Waals surface area contributed by atoms with Crippen LogP contribution in [0, 0.1) is 0 Å². The Morgan fingerprint density at radius 1 is 0.324 bits per heavy atom. The molecule has 0 aromatic heterocycles. The van der Waals surface area contributed by atoms with Crippen LogP contribution in [-0.2, 0) is 0 Å². The molecule has 0 amide bonds. The standard InChI is InChI=1S/C30H18BN3/c1-7-19-8-2-14-23-28(19)22(13-1)32-24-15-3-9-20-10-4-16-25(29(20)24)34-27-18-6-12-21-11-5-17-26(30(21)27)33(23)31(32)34/h1-18H. The fraction of sp³-hybridized carbons (Fsp3) is 0. The second-order valence-corrected chi connectivity index (χ2v) is 9.41. The van der Waals surface area contributed by atoms with Gasteiger partial charge in [0.05, 0.1) is 0 Å². The molecule has 0 N–H and O–H groups in total. The number of hydrogen-bond donors (Lipinski definition) is 0. The smallest absolute Gasteiger partial charge is 0.344 e. The molecule has 0 saturated heterocycles. The van der Waals surface area contributed by atoms with E-state index >= 15 is 0 Å². The number of fused-ring (bicyclic) bond motifs is 6. The molecular formula is C30H18BN3. The molecule has 0 fully saturated rings. The SMILES string of the molecule is c1cc2c3c(cccc3c1)N1B3N2c2cccc4cccc(c24)N3c2cccc3cccc1c23. The minimum absolute atomic E-state index is 0.0125. The second-order valence-electron chi connectivity index (χ2n) is 9.41. The van der Waals surface area contributed by atoms with E-state index in [-0.39, 0.29) is 7.12 Å². The van der Waals surface area contributed by atoms with E-state index in [1.807, 2.05) is 0 Å². The third kappa shape index (κ3) is 1.81. The monoisotopic (exact) mass is 431 g/mol. The zero-order valence-electron chi connectivity index (χ0n) is 18.3. The fourth-order valence-corrected chi connectivity index (χ4v) is 6.59. The maximum Gasteiger partial charge on any atom is 0.519 e. The highest BCUT2D eigenvalue weighted by atomic mass is 15.4. The lowest BCUT2D eigenvalue weighted by Gasteiger charge is -2.54. The van der Waals surface area contributed by atoms with Gasteiger partial charge in [0, 0.05) is 50.3 Å². The third-order valence-corrected chi connectivity index (χ3v) is 7.83. The molecule has 3 aliphatic rings. The van der Waals surface area contributed by atoms with Gasteiger partial charge in [0.15, 0.2) is 0 Å². The van der Waals surface area contributed by atoms with Gasteiger partial charge in [-0.2, -0.15) is 0 Å². The fourth-order valence-electron chi connectivity index (χ4n) is 6.59. The van der Waals surface area contributed by atoms with Crippen molar-refractivity contribution in [1.29, 1.82) is 0 Å². The molecule has 0 bridgehead atoms. The summed E-state index contributed by atoms with van der Waals surface area (Å²) in [4.78, 5) is 7.66. The van der Waals surface area contributed by atoms with E-state index in [4.69, 9.17) is 0 Å². The van der Waals surface area contributed by atoms with Crippen molar-refractivity contribution in [2.75, 3.05) is 14.4 Å². The molecule has 156 valence electrons. The first-order valence-corrected chi connectivity index (χ1v) is 11.8. The number of rotatable bonds is 0. The minimum Gasteiger partial charge on any atom is -0.344 e. The molecule has 3 nitrogen and oxygen atoms in total. The lowest BCUT2D eigenvalue weighted by Crippen LogP contribution is -2.64. The molecule has 0 spiro atoms. The highest BCUT2D eigenvalue weighted by Gasteiger charge is 2.51. The summed E-state index contributed by atoms with van der Waals surface area (Å²) in [5, 5.41) is 7.77. The van der Waals surface area contributed by atoms with Crippen LogP contribution in [0.1, 0.15) is 0 Å². The van der Waals surface area contributed by atoms with Crippen LogP contribution in [0.2, 0.25) is 0 Å². The lowest BCUT2D eigenvalue weighted by molar-refractivity contribution is 1.18. The van der Waals surface area contributed by atoms with Crippen LogP contribution >= 0.6 is 0 Å². The van der Waals surface area contributed by atoms with Crippen LogP contribution in [0.5, 0.6) is 0 Å². The highest BCUT2D eigenvalue weighted by molar-refractivity contribution is 6.80. The molecule has 0 radical (unpaired) electrons. The van der Waals surface area contributed by atoms with Gasteiger partial charge < -0.3 is 14.4 Å². The van der Waals surface area contributed by atoms with E-state index < -0.39 is 0 Å². The van der Waals surface area contributed by atoms with E-state index in [1.165, 1.54) is 66.4 Å². The number of hydrogen-bond acceptors (Lipinski definition) is 3. The Morgan fingerprint density at radius 3 is 0.794 bits per heavy atom. The molecule has 3 heterocycles. The van der Waals surface area contributed by atoms with Crippen molar-refractivity contribution in [3.8, 4) is 0 Å². The maximum atomic E-state index is 2.55. The predicted octanol–water partition coefficient (Wildman–Crippen LogP) is 7.89. The summed E-state index contributed by atoms with van der Waals surface area (Å²) in [6, 6.07) is 40.3. The van der Waals surface area contributed by atoms with Gasteiger partial charge in [-0.05, 0) is 52.6 Å². The summed E-state index contributed by atoms with van der Waals surface area (Å²) < 4.78 is 0. The molecular weight excluding hydrogens is 413 g/mol. The first-order chi connectivity index (χ1) is 16.9. The van der Waals surface area contributed by atoms with Crippen LogP contribution in [0.3, 0.4) is 0 Å². The van der Waals surface area contributed by atoms with E-state index in [0.717, 1.165) is 0 Å². The number of anilines is 6. The van der Waals surface area contributed by atoms with Crippen molar-refractivity contribution in [2.45, 2.75) is 0 Å². The topological polar surface area (TPSA) is 9.72 Å². The van der Waals surface area contributed by atoms with Crippen LogP contribution in [-0.4, -0.2) is 7.12 Å². The largest absolute Gasteiger partial charge is 0.519 e. The van der Waals surface area contributed by atoms with Crippen LogP contribution in [0.25, 0.3) is 32.3 Å². The predicted molar refractivity (Wildman–Crippen MR) is 144 cm³/mol. The van der Waals surface area contributed by atoms with Crippen molar-refractivity contribution in [3.05, 3.63) is 109 Å². The normalized spacial score (nSPS) is 14.8. The molecule has 0 aliphatic carbocycles. The Balaban J connectivity index is 1.56. The van der Waals surface area contributed by atoms with Crippen LogP contribution in [0.15, 0.2) is 109 Å². The Hall–Kier alpha value is -4.44. The lowest BCUT2D eigenvalue weighted by atomic mass is 9.70. The van der Waals surface area contributed by atoms with Crippen molar-refractivity contribution in [1.82, 2.24) is 0 Å². The van der Waals surface area contributed by atoms with Crippen molar-refractivity contribution in [3.63, 3.8) is 0 Å². The van der Waals surface area contributed by atoms with Crippen LogP contribution in [0.4, 0.5) is 34.1 Å². The number of benzene rings is 6. The second kappa shape index (κ2) is 5.73. The summed E-state index contributed by atoms with van der Waals surface area (Å²) in [5.74, 6) is 0. The van der Waals surface area contributed by atoms with E-state index in [1.54, 1.807) is 0 Å². The van der Waals surface area contributed by atoms with Crippen molar-refractivity contribution in [2.24, 2.45) is 0 Å². The molecule has 0 saturated carbocycles. The summed E-state index contributed by atoms with van der Waals surface area (Å²) in [6.07, 6.45) is 0. The molecule has 3 aliphatic heterocycles. The van der Waals surface area contributed by atoms with Gasteiger partial charge in [0.2, 0.25) is 0 Å². The third-order valence-electron chi connectivity index (χ3n) is 7.83. The Labute approximate surface area is 197 Å². The first-order valence-electron chi connectivity index (χ1n) is 11.8. The Kier molecular flexibility index (Phi) is 2.88. The molecule has 9 rings (SSSR count). The molecule has 6 aromatic carbocycles. The zero-order chi connectivity index (χ0) is 22.0. The maximum absolute atomic E-state index is 2.55. The van der Waals surface area contributed by atoms with Crippen molar-refractivity contribution >= 4 is 73.6 Å². The first kappa shape index (κ1) is 17.1. The van der Waals surface area contributed by atoms with Crippen LogP contribution < -0.4 is 14.4 Å². The minimum atomic E-state index is -0.0125. The zero-order valence-corrected chi connectivity index (χ0v) is 18.3. The van der Waals surface area contributed by atoms with Gasteiger partial charge in [0.1, 0.15) is 0 Å². The van der Waals surface area contributed by atoms with E-state index in [0.29, 0.717) is 0 Å². The van der Waals surface area contributed by atoms with E-state index in [9.17, 15) is 0 Å². The molecule has 6 aromatic rings. The highest BCUT2D eigenvalue weighted by Crippen LogP contribution is 2.58. The van der Waals surface area contributed by atoms with Gasteiger partial charge in [-0.3, -0.25) is 0 Å². The Morgan fingerprint density at radius 2 is 0.559 bits per heavy atom. The summed E-state index contributed by atoms with van der Waals surface area (Å²) in [5.41, 5.74) is 7.63. The number of nitrogens with zero attached hydrogens (tertiary/aromatic N) is 3. The molecule has 0 unspecified atom stereocenters. The summed E-state index contributed by atoms with van der Waals surface area (Å²) in [6.45, 7) is 0. The molecule has 0 atom stereocenters. The average Bonchev–Trinajstić information content (AvgIpc) is 2.89. The average molecular weight is 431 g/mol. The van der Waals surface area contributed by atoms with Gasteiger partial charge in [-0.25, -0.2) is 0 Å². The molecule has 4 heteroatoms. The van der Waals surface area contributed by atoms with Gasteiger partial charge >= 0.3 is 7.12 Å². The van der Waals surface area contributed by atoms with Gasteiger partial charge in [0.25, 0.3) is 0 Å². The van der Waals surface area contributed by atoms with Gasteiger partial charge in [-0.15, -0.1) is 0 Å². The van der Waals surface area contributed by atoms with E-state index in [2.05, 4.69) is 124 Å². The molecule has 34 heavy (non-hydrogen) atoms. The Bertz CT molecular complexity index is 1530. The summed E-state index contributed by atoms with van der Waals surface area (Å²) in [7, 11) is -0.0125. The van der Waals surface area contributed by atoms with Crippen molar-refractivity contribution < 1.29 is 0 Å². The quantitative estimate of drug-likeness (QED) is 0.227.